The van der Waals surface area contributed by atoms with E-state index in [1.54, 1.807) is 5.57 Å². The van der Waals surface area contributed by atoms with Crippen molar-refractivity contribution in [2.75, 3.05) is 14.1 Å². The Morgan fingerprint density at radius 1 is 1.24 bits per heavy atom. The second-order valence-electron chi connectivity index (χ2n) is 5.30. The molecule has 17 heavy (non-hydrogen) atoms. The molecule has 1 aliphatic heterocycles. The lowest BCUT2D eigenvalue weighted by molar-refractivity contribution is 0.622. The number of fused-ring (bicyclic) bond motifs is 2. The third-order valence-corrected chi connectivity index (χ3v) is 4.02. The zero-order chi connectivity index (χ0) is 11.8. The standard InChI is InChI=1S/C15H18BN/c1-17(2)16-14-9-5-3-7-12(14)11-13-8-4-6-10-15(13)16/h3-9,15H,10-11H2,1-2H3. The first-order chi connectivity index (χ1) is 8.27. The van der Waals surface area contributed by atoms with Crippen molar-refractivity contribution in [2.24, 2.45) is 0 Å². The summed E-state index contributed by atoms with van der Waals surface area (Å²) in [4.78, 5) is 2.37. The highest BCUT2D eigenvalue weighted by Crippen LogP contribution is 2.35. The molecular formula is C15H18BN. The van der Waals surface area contributed by atoms with E-state index in [9.17, 15) is 0 Å². The molecule has 2 heteroatoms. The van der Waals surface area contributed by atoms with Crippen molar-refractivity contribution in [3.8, 4) is 0 Å². The molecular weight excluding hydrogens is 205 g/mol. The van der Waals surface area contributed by atoms with Crippen molar-refractivity contribution in [1.29, 1.82) is 0 Å². The minimum Gasteiger partial charge on any atom is -0.343 e. The predicted molar refractivity (Wildman–Crippen MR) is 74.8 cm³/mol. The number of hydrogen-bond acceptors (Lipinski definition) is 1. The molecule has 1 aliphatic carbocycles. The molecule has 1 aromatic carbocycles. The van der Waals surface area contributed by atoms with E-state index >= 15 is 0 Å². The maximum atomic E-state index is 2.37. The normalized spacial score (nSPS) is 22.2. The summed E-state index contributed by atoms with van der Waals surface area (Å²) in [7, 11) is 4.39. The van der Waals surface area contributed by atoms with E-state index in [2.05, 4.69) is 61.4 Å². The van der Waals surface area contributed by atoms with Crippen LogP contribution in [0.3, 0.4) is 0 Å². The van der Waals surface area contributed by atoms with E-state index in [4.69, 9.17) is 0 Å². The van der Waals surface area contributed by atoms with Crippen LogP contribution in [-0.4, -0.2) is 25.8 Å². The fraction of sp³-hybridized carbons (Fsp3) is 0.333. The molecule has 0 radical (unpaired) electrons. The number of benzene rings is 1. The minimum absolute atomic E-state index is 0.538. The van der Waals surface area contributed by atoms with Crippen LogP contribution in [0.25, 0.3) is 0 Å². The van der Waals surface area contributed by atoms with Gasteiger partial charge in [-0.05, 0) is 38.3 Å². The van der Waals surface area contributed by atoms with Gasteiger partial charge in [0.25, 0.3) is 6.85 Å². The van der Waals surface area contributed by atoms with Crippen molar-refractivity contribution < 1.29 is 0 Å². The Bertz CT molecular complexity index is 487. The highest BCUT2D eigenvalue weighted by molar-refractivity contribution is 6.73. The maximum absolute atomic E-state index is 2.37. The van der Waals surface area contributed by atoms with Crippen LogP contribution in [0, 0.1) is 0 Å². The van der Waals surface area contributed by atoms with Crippen molar-refractivity contribution >= 4 is 12.3 Å². The van der Waals surface area contributed by atoms with E-state index < -0.39 is 0 Å². The van der Waals surface area contributed by atoms with Crippen LogP contribution in [0.15, 0.2) is 48.1 Å². The molecule has 0 spiro atoms. The summed E-state index contributed by atoms with van der Waals surface area (Å²) in [6.07, 6.45) is 9.16. The van der Waals surface area contributed by atoms with Crippen molar-refractivity contribution in [3.63, 3.8) is 0 Å². The Morgan fingerprint density at radius 2 is 2.06 bits per heavy atom. The largest absolute Gasteiger partial charge is 0.343 e. The van der Waals surface area contributed by atoms with Crippen LogP contribution in [0.4, 0.5) is 0 Å². The molecule has 0 aromatic heterocycles. The first-order valence-electron chi connectivity index (χ1n) is 6.37. The molecule has 1 unspecified atom stereocenters. The quantitative estimate of drug-likeness (QED) is 0.660. The lowest BCUT2D eigenvalue weighted by atomic mass is 9.39. The predicted octanol–water partition coefficient (Wildman–Crippen LogP) is 2.26. The molecule has 1 heterocycles. The Hall–Kier alpha value is -1.28. The summed E-state index contributed by atoms with van der Waals surface area (Å²) in [5.41, 5.74) is 4.63. The summed E-state index contributed by atoms with van der Waals surface area (Å²) in [5, 5.41) is 0. The fourth-order valence-corrected chi connectivity index (χ4v) is 3.27. The second-order valence-corrected chi connectivity index (χ2v) is 5.30. The van der Waals surface area contributed by atoms with Gasteiger partial charge in [-0.2, -0.15) is 0 Å². The molecule has 0 amide bonds. The van der Waals surface area contributed by atoms with E-state index in [0.717, 1.165) is 6.42 Å². The van der Waals surface area contributed by atoms with E-state index in [-0.39, 0.29) is 0 Å². The smallest absolute Gasteiger partial charge is 0.265 e. The average molecular weight is 223 g/mol. The topological polar surface area (TPSA) is 3.24 Å². The summed E-state index contributed by atoms with van der Waals surface area (Å²) < 4.78 is 0. The number of rotatable bonds is 1. The molecule has 0 fully saturated rings. The lowest BCUT2D eigenvalue weighted by Crippen LogP contribution is -2.52. The molecule has 1 aromatic rings. The van der Waals surface area contributed by atoms with E-state index in [1.807, 2.05) is 0 Å². The summed E-state index contributed by atoms with van der Waals surface area (Å²) in [5.74, 6) is 0.671. The number of nitrogens with zero attached hydrogens (tertiary/aromatic N) is 1. The highest BCUT2D eigenvalue weighted by Gasteiger charge is 2.37. The van der Waals surface area contributed by atoms with Crippen LogP contribution in [0.2, 0.25) is 5.82 Å². The first kappa shape index (κ1) is 10.9. The van der Waals surface area contributed by atoms with Gasteiger partial charge < -0.3 is 4.81 Å². The van der Waals surface area contributed by atoms with Gasteiger partial charge in [0, 0.05) is 0 Å². The van der Waals surface area contributed by atoms with Crippen molar-refractivity contribution in [1.82, 2.24) is 4.81 Å². The molecule has 0 saturated carbocycles. The van der Waals surface area contributed by atoms with Gasteiger partial charge in [-0.15, -0.1) is 0 Å². The molecule has 3 rings (SSSR count). The van der Waals surface area contributed by atoms with Crippen LogP contribution < -0.4 is 5.46 Å². The Kier molecular flexibility index (Phi) is 2.68. The summed E-state index contributed by atoms with van der Waals surface area (Å²) >= 11 is 0. The fourth-order valence-electron chi connectivity index (χ4n) is 3.27. The molecule has 0 bridgehead atoms. The van der Waals surface area contributed by atoms with Crippen molar-refractivity contribution in [3.05, 3.63) is 53.6 Å². The number of hydrogen-bond donors (Lipinski definition) is 0. The van der Waals surface area contributed by atoms with E-state index in [0.29, 0.717) is 12.7 Å². The van der Waals surface area contributed by atoms with Gasteiger partial charge in [0.05, 0.1) is 0 Å². The van der Waals surface area contributed by atoms with Crippen molar-refractivity contribution in [2.45, 2.75) is 18.7 Å². The molecule has 0 saturated heterocycles. The van der Waals surface area contributed by atoms with Crippen LogP contribution in [0.1, 0.15) is 12.0 Å². The monoisotopic (exact) mass is 223 g/mol. The SMILES string of the molecule is CN(C)B1c2ccccc2CC2=CC=CCC12. The van der Waals surface area contributed by atoms with Gasteiger partial charge in [-0.25, -0.2) is 0 Å². The summed E-state index contributed by atoms with van der Waals surface area (Å²) in [6, 6.07) is 8.91. The lowest BCUT2D eigenvalue weighted by Gasteiger charge is -2.37. The van der Waals surface area contributed by atoms with Gasteiger partial charge in [-0.1, -0.05) is 53.5 Å². The molecule has 2 aliphatic rings. The molecule has 0 N–H and O–H groups in total. The third-order valence-electron chi connectivity index (χ3n) is 4.02. The third kappa shape index (κ3) is 1.77. The maximum Gasteiger partial charge on any atom is 0.265 e. The number of allylic oxidation sites excluding steroid dienone is 4. The van der Waals surface area contributed by atoms with Gasteiger partial charge in [0.1, 0.15) is 0 Å². The van der Waals surface area contributed by atoms with Gasteiger partial charge in [-0.3, -0.25) is 0 Å². The first-order valence-corrected chi connectivity index (χ1v) is 6.37. The van der Waals surface area contributed by atoms with Gasteiger partial charge in [0.2, 0.25) is 0 Å². The van der Waals surface area contributed by atoms with Crippen LogP contribution in [-0.2, 0) is 6.42 Å². The molecule has 1 nitrogen and oxygen atoms in total. The van der Waals surface area contributed by atoms with Gasteiger partial charge >= 0.3 is 0 Å². The Morgan fingerprint density at radius 3 is 2.88 bits per heavy atom. The minimum atomic E-state index is 0.538. The Balaban J connectivity index is 2.11. The summed E-state index contributed by atoms with van der Waals surface area (Å²) in [6.45, 7) is 0.538. The van der Waals surface area contributed by atoms with E-state index in [1.165, 1.54) is 17.4 Å². The Labute approximate surface area is 104 Å². The second kappa shape index (κ2) is 4.19. The van der Waals surface area contributed by atoms with Gasteiger partial charge in [0.15, 0.2) is 0 Å². The zero-order valence-corrected chi connectivity index (χ0v) is 10.6. The highest BCUT2D eigenvalue weighted by atomic mass is 15.0. The molecule has 1 atom stereocenters. The van der Waals surface area contributed by atoms with Crippen LogP contribution in [0.5, 0.6) is 0 Å². The van der Waals surface area contributed by atoms with Crippen LogP contribution >= 0.6 is 0 Å². The molecule has 86 valence electrons. The average Bonchev–Trinajstić information content (AvgIpc) is 2.35. The zero-order valence-electron chi connectivity index (χ0n) is 10.6.